The molecule has 0 aliphatic carbocycles. The van der Waals surface area contributed by atoms with Crippen molar-refractivity contribution >= 4 is 22.4 Å². The Morgan fingerprint density at radius 2 is 2.32 bits per heavy atom. The molecular weight excluding hydrogens is 238 g/mol. The molecule has 100 valence electrons. The van der Waals surface area contributed by atoms with E-state index in [0.29, 0.717) is 5.92 Å². The molecule has 2 aromatic rings. The van der Waals surface area contributed by atoms with Gasteiger partial charge in [0, 0.05) is 24.2 Å². The number of aromatic nitrogens is 2. The van der Waals surface area contributed by atoms with Crippen molar-refractivity contribution in [2.45, 2.75) is 6.42 Å². The van der Waals surface area contributed by atoms with Gasteiger partial charge in [0.15, 0.2) is 0 Å². The van der Waals surface area contributed by atoms with Gasteiger partial charge in [-0.3, -0.25) is 0 Å². The Balaban J connectivity index is 1.78. The van der Waals surface area contributed by atoms with Crippen LogP contribution < -0.4 is 11.1 Å². The third-order valence-electron chi connectivity index (χ3n) is 3.71. The summed E-state index contributed by atoms with van der Waals surface area (Å²) >= 11 is 0. The summed E-state index contributed by atoms with van der Waals surface area (Å²) in [5.41, 5.74) is 7.51. The van der Waals surface area contributed by atoms with Crippen molar-refractivity contribution in [2.75, 3.05) is 37.7 Å². The number of rotatable bonds is 3. The molecule has 1 aliphatic rings. The van der Waals surface area contributed by atoms with Crippen molar-refractivity contribution in [1.82, 2.24) is 14.9 Å². The molecule has 2 heterocycles. The molecule has 0 amide bonds. The average Bonchev–Trinajstić information content (AvgIpc) is 2.82. The SMILES string of the molecule is CN1CCC(CNc2ncnc3ccc(N)cc23)C1. The molecule has 3 rings (SSSR count). The Hall–Kier alpha value is -1.88. The van der Waals surface area contributed by atoms with Gasteiger partial charge in [0.2, 0.25) is 0 Å². The van der Waals surface area contributed by atoms with Gasteiger partial charge in [-0.25, -0.2) is 9.97 Å². The van der Waals surface area contributed by atoms with E-state index in [2.05, 4.69) is 27.2 Å². The molecule has 1 unspecified atom stereocenters. The number of fused-ring (bicyclic) bond motifs is 1. The summed E-state index contributed by atoms with van der Waals surface area (Å²) in [6, 6.07) is 5.73. The Morgan fingerprint density at radius 1 is 1.42 bits per heavy atom. The molecule has 1 aromatic heterocycles. The first-order chi connectivity index (χ1) is 9.22. The van der Waals surface area contributed by atoms with Crippen LogP contribution >= 0.6 is 0 Å². The molecule has 1 fully saturated rings. The molecule has 0 bridgehead atoms. The molecule has 3 N–H and O–H groups in total. The molecule has 0 saturated carbocycles. The number of hydrogen-bond donors (Lipinski definition) is 2. The summed E-state index contributed by atoms with van der Waals surface area (Å²) < 4.78 is 0. The summed E-state index contributed by atoms with van der Waals surface area (Å²) in [5.74, 6) is 1.57. The van der Waals surface area contributed by atoms with E-state index in [0.717, 1.165) is 35.5 Å². The summed E-state index contributed by atoms with van der Waals surface area (Å²) in [7, 11) is 2.17. The van der Waals surface area contributed by atoms with Gasteiger partial charge in [-0.05, 0) is 44.1 Å². The first-order valence-electron chi connectivity index (χ1n) is 6.65. The van der Waals surface area contributed by atoms with Crippen molar-refractivity contribution in [3.63, 3.8) is 0 Å². The molecule has 1 saturated heterocycles. The van der Waals surface area contributed by atoms with Crippen LogP contribution in [0.1, 0.15) is 6.42 Å². The lowest BCUT2D eigenvalue weighted by Gasteiger charge is -2.13. The Kier molecular flexibility index (Phi) is 3.21. The monoisotopic (exact) mass is 257 g/mol. The van der Waals surface area contributed by atoms with Crippen molar-refractivity contribution in [3.05, 3.63) is 24.5 Å². The quantitative estimate of drug-likeness (QED) is 0.817. The number of nitrogens with zero attached hydrogens (tertiary/aromatic N) is 3. The van der Waals surface area contributed by atoms with Gasteiger partial charge in [-0.1, -0.05) is 0 Å². The maximum absolute atomic E-state index is 5.84. The van der Waals surface area contributed by atoms with E-state index in [1.165, 1.54) is 13.0 Å². The normalized spacial score (nSPS) is 19.9. The molecular formula is C14H19N5. The van der Waals surface area contributed by atoms with Crippen molar-refractivity contribution in [3.8, 4) is 0 Å². The second-order valence-corrected chi connectivity index (χ2v) is 5.30. The van der Waals surface area contributed by atoms with Crippen LogP contribution in [0, 0.1) is 5.92 Å². The fraction of sp³-hybridized carbons (Fsp3) is 0.429. The van der Waals surface area contributed by atoms with Crippen molar-refractivity contribution < 1.29 is 0 Å². The van der Waals surface area contributed by atoms with Crippen LogP contribution in [-0.2, 0) is 0 Å². The zero-order valence-corrected chi connectivity index (χ0v) is 11.1. The average molecular weight is 257 g/mol. The highest BCUT2D eigenvalue weighted by atomic mass is 15.1. The predicted molar refractivity (Wildman–Crippen MR) is 78.0 cm³/mol. The van der Waals surface area contributed by atoms with E-state index in [1.807, 2.05) is 18.2 Å². The lowest BCUT2D eigenvalue weighted by atomic mass is 10.1. The number of nitrogens with one attached hydrogen (secondary N) is 1. The van der Waals surface area contributed by atoms with Crippen molar-refractivity contribution in [1.29, 1.82) is 0 Å². The summed E-state index contributed by atoms with van der Waals surface area (Å²) in [5, 5.41) is 4.44. The van der Waals surface area contributed by atoms with Crippen LogP contribution in [0.2, 0.25) is 0 Å². The fourth-order valence-electron chi connectivity index (χ4n) is 2.65. The smallest absolute Gasteiger partial charge is 0.137 e. The zero-order chi connectivity index (χ0) is 13.2. The lowest BCUT2D eigenvalue weighted by Crippen LogP contribution is -2.19. The van der Waals surface area contributed by atoms with Crippen LogP contribution in [-0.4, -0.2) is 41.5 Å². The van der Waals surface area contributed by atoms with E-state index in [1.54, 1.807) is 6.33 Å². The van der Waals surface area contributed by atoms with Crippen molar-refractivity contribution in [2.24, 2.45) is 5.92 Å². The summed E-state index contributed by atoms with van der Waals surface area (Å²) in [6.07, 6.45) is 2.84. The van der Waals surface area contributed by atoms with Crippen LogP contribution in [0.25, 0.3) is 10.9 Å². The molecule has 1 aliphatic heterocycles. The molecule has 0 radical (unpaired) electrons. The van der Waals surface area contributed by atoms with Gasteiger partial charge in [0.25, 0.3) is 0 Å². The van der Waals surface area contributed by atoms with Gasteiger partial charge >= 0.3 is 0 Å². The number of nitrogens with two attached hydrogens (primary N) is 1. The Bertz CT molecular complexity index is 583. The maximum Gasteiger partial charge on any atom is 0.137 e. The van der Waals surface area contributed by atoms with Gasteiger partial charge in [0.1, 0.15) is 12.1 Å². The van der Waals surface area contributed by atoms with Gasteiger partial charge < -0.3 is 16.0 Å². The minimum atomic E-state index is 0.691. The number of benzene rings is 1. The molecule has 1 aromatic carbocycles. The Morgan fingerprint density at radius 3 is 3.11 bits per heavy atom. The standard InChI is InChI=1S/C14H19N5/c1-19-5-4-10(8-19)7-16-14-12-6-11(15)2-3-13(12)17-9-18-14/h2-3,6,9-10H,4-5,7-8,15H2,1H3,(H,16,17,18). The lowest BCUT2D eigenvalue weighted by molar-refractivity contribution is 0.399. The third kappa shape index (κ3) is 2.61. The summed E-state index contributed by atoms with van der Waals surface area (Å²) in [4.78, 5) is 11.0. The Labute approximate surface area is 112 Å². The first kappa shape index (κ1) is 12.2. The molecule has 5 heteroatoms. The highest BCUT2D eigenvalue weighted by Crippen LogP contribution is 2.22. The van der Waals surface area contributed by atoms with E-state index in [-0.39, 0.29) is 0 Å². The number of anilines is 2. The highest BCUT2D eigenvalue weighted by molar-refractivity contribution is 5.91. The van der Waals surface area contributed by atoms with Gasteiger partial charge in [0.05, 0.1) is 5.52 Å². The van der Waals surface area contributed by atoms with E-state index >= 15 is 0 Å². The highest BCUT2D eigenvalue weighted by Gasteiger charge is 2.19. The molecule has 1 atom stereocenters. The third-order valence-corrected chi connectivity index (χ3v) is 3.71. The van der Waals surface area contributed by atoms with Gasteiger partial charge in [-0.2, -0.15) is 0 Å². The van der Waals surface area contributed by atoms with Crippen LogP contribution in [0.3, 0.4) is 0 Å². The molecule has 5 nitrogen and oxygen atoms in total. The van der Waals surface area contributed by atoms with E-state index in [4.69, 9.17) is 5.73 Å². The first-order valence-corrected chi connectivity index (χ1v) is 6.65. The summed E-state index contributed by atoms with van der Waals surface area (Å²) in [6.45, 7) is 3.28. The zero-order valence-electron chi connectivity index (χ0n) is 11.1. The maximum atomic E-state index is 5.84. The second-order valence-electron chi connectivity index (χ2n) is 5.30. The fourth-order valence-corrected chi connectivity index (χ4v) is 2.65. The number of likely N-dealkylation sites (tertiary alicyclic amines) is 1. The van der Waals surface area contributed by atoms with Gasteiger partial charge in [-0.15, -0.1) is 0 Å². The minimum Gasteiger partial charge on any atom is -0.399 e. The van der Waals surface area contributed by atoms with E-state index < -0.39 is 0 Å². The number of hydrogen-bond acceptors (Lipinski definition) is 5. The van der Waals surface area contributed by atoms with E-state index in [9.17, 15) is 0 Å². The predicted octanol–water partition coefficient (Wildman–Crippen LogP) is 1.58. The minimum absolute atomic E-state index is 0.691. The molecule has 19 heavy (non-hydrogen) atoms. The second kappa shape index (κ2) is 5.01. The largest absolute Gasteiger partial charge is 0.399 e. The number of nitrogen functional groups attached to an aromatic ring is 1. The molecule has 0 spiro atoms. The topological polar surface area (TPSA) is 67.1 Å². The van der Waals surface area contributed by atoms with Crippen LogP contribution in [0.15, 0.2) is 24.5 Å². The van der Waals surface area contributed by atoms with Crippen LogP contribution in [0.4, 0.5) is 11.5 Å². The van der Waals surface area contributed by atoms with Crippen LogP contribution in [0.5, 0.6) is 0 Å².